The van der Waals surface area contributed by atoms with Gasteiger partial charge >= 0.3 is 0 Å². The third-order valence-corrected chi connectivity index (χ3v) is 4.51. The van der Waals surface area contributed by atoms with Crippen molar-refractivity contribution in [2.24, 2.45) is 0 Å². The minimum Gasteiger partial charge on any atom is -0.424 e. The van der Waals surface area contributed by atoms with Crippen molar-refractivity contribution in [1.82, 2.24) is 19.7 Å². The molecule has 23 heavy (non-hydrogen) atoms. The first-order chi connectivity index (χ1) is 11.2. The lowest BCUT2D eigenvalue weighted by molar-refractivity contribution is 0.470. The quantitative estimate of drug-likeness (QED) is 0.634. The Balaban J connectivity index is 1.82. The molecule has 6 heteroatoms. The van der Waals surface area contributed by atoms with E-state index in [9.17, 15) is 0 Å². The van der Waals surface area contributed by atoms with Crippen molar-refractivity contribution in [1.29, 1.82) is 0 Å². The van der Waals surface area contributed by atoms with Crippen LogP contribution in [-0.4, -0.2) is 19.7 Å². The average Bonchev–Trinajstić information content (AvgIpc) is 3.21. The molecule has 0 spiro atoms. The number of benzene rings is 1. The molecule has 0 radical (unpaired) electrons. The maximum atomic E-state index is 5.56. The smallest absolute Gasteiger partial charge is 0.226 e. The van der Waals surface area contributed by atoms with Gasteiger partial charge in [0.05, 0.1) is 11.4 Å². The van der Waals surface area contributed by atoms with Gasteiger partial charge in [-0.3, -0.25) is 4.57 Å². The van der Waals surface area contributed by atoms with Gasteiger partial charge in [-0.05, 0) is 17.5 Å². The Morgan fingerprint density at radius 1 is 1.17 bits per heavy atom. The lowest BCUT2D eigenvalue weighted by Gasteiger charge is -2.14. The largest absolute Gasteiger partial charge is 0.424 e. The molecule has 120 valence electrons. The van der Waals surface area contributed by atoms with E-state index in [1.807, 2.05) is 19.3 Å². The molecule has 0 amide bonds. The number of nitrogens with zero attached hydrogens (tertiary/aromatic N) is 4. The SMILES string of the molecule is CCc1nnc(CSc2nccn2-c2ccccc2C(C)C)o1. The minimum absolute atomic E-state index is 0.453. The van der Waals surface area contributed by atoms with Gasteiger partial charge < -0.3 is 4.42 Å². The monoisotopic (exact) mass is 328 g/mol. The van der Waals surface area contributed by atoms with Crippen molar-refractivity contribution in [2.75, 3.05) is 0 Å². The first-order valence-electron chi connectivity index (χ1n) is 7.75. The van der Waals surface area contributed by atoms with Crippen LogP contribution in [-0.2, 0) is 12.2 Å². The summed E-state index contributed by atoms with van der Waals surface area (Å²) in [7, 11) is 0. The van der Waals surface area contributed by atoms with E-state index in [1.165, 1.54) is 11.3 Å². The molecule has 0 bridgehead atoms. The lowest BCUT2D eigenvalue weighted by Crippen LogP contribution is -2.01. The summed E-state index contributed by atoms with van der Waals surface area (Å²) < 4.78 is 7.68. The predicted molar refractivity (Wildman–Crippen MR) is 90.9 cm³/mol. The van der Waals surface area contributed by atoms with Crippen LogP contribution >= 0.6 is 11.8 Å². The first-order valence-corrected chi connectivity index (χ1v) is 8.74. The number of thioether (sulfide) groups is 1. The van der Waals surface area contributed by atoms with Crippen LogP contribution in [0, 0.1) is 0 Å². The van der Waals surface area contributed by atoms with Crippen molar-refractivity contribution in [3.05, 3.63) is 54.0 Å². The molecule has 2 heterocycles. The summed E-state index contributed by atoms with van der Waals surface area (Å²) in [4.78, 5) is 4.47. The predicted octanol–water partition coefficient (Wildman–Crippen LogP) is 4.23. The van der Waals surface area contributed by atoms with E-state index < -0.39 is 0 Å². The Morgan fingerprint density at radius 3 is 2.70 bits per heavy atom. The lowest BCUT2D eigenvalue weighted by atomic mass is 10.0. The molecule has 0 fully saturated rings. The third kappa shape index (κ3) is 3.47. The number of imidazole rings is 1. The van der Waals surface area contributed by atoms with Gasteiger partial charge in [0.15, 0.2) is 5.16 Å². The van der Waals surface area contributed by atoms with Crippen LogP contribution in [0.2, 0.25) is 0 Å². The van der Waals surface area contributed by atoms with Crippen molar-refractivity contribution in [3.63, 3.8) is 0 Å². The van der Waals surface area contributed by atoms with Gasteiger partial charge in [-0.2, -0.15) is 0 Å². The van der Waals surface area contributed by atoms with Crippen LogP contribution in [0.15, 0.2) is 46.2 Å². The van der Waals surface area contributed by atoms with E-state index >= 15 is 0 Å². The van der Waals surface area contributed by atoms with Gasteiger partial charge in [-0.15, -0.1) is 10.2 Å². The highest BCUT2D eigenvalue weighted by atomic mass is 32.2. The summed E-state index contributed by atoms with van der Waals surface area (Å²) in [5.41, 5.74) is 2.47. The first kappa shape index (κ1) is 15.8. The molecule has 0 atom stereocenters. The Hall–Kier alpha value is -2.08. The molecule has 1 aromatic carbocycles. The molecule has 3 rings (SSSR count). The summed E-state index contributed by atoms with van der Waals surface area (Å²) in [6, 6.07) is 8.43. The zero-order valence-corrected chi connectivity index (χ0v) is 14.4. The molecule has 0 aliphatic carbocycles. The summed E-state index contributed by atoms with van der Waals surface area (Å²) >= 11 is 1.60. The number of aromatic nitrogens is 4. The van der Waals surface area contributed by atoms with Crippen molar-refractivity contribution >= 4 is 11.8 Å². The van der Waals surface area contributed by atoms with Crippen molar-refractivity contribution in [3.8, 4) is 5.69 Å². The van der Waals surface area contributed by atoms with E-state index in [0.29, 0.717) is 23.5 Å². The number of hydrogen-bond donors (Lipinski definition) is 0. The third-order valence-electron chi connectivity index (χ3n) is 3.56. The fourth-order valence-electron chi connectivity index (χ4n) is 2.39. The number of aryl methyl sites for hydroxylation is 1. The van der Waals surface area contributed by atoms with Crippen molar-refractivity contribution < 1.29 is 4.42 Å². The molecule has 0 aliphatic heterocycles. The zero-order chi connectivity index (χ0) is 16.2. The molecular weight excluding hydrogens is 308 g/mol. The standard InChI is InChI=1S/C17H20N4OS/c1-4-15-19-20-16(22-15)11-23-17-18-9-10-21(17)14-8-6-5-7-13(14)12(2)3/h5-10,12H,4,11H2,1-3H3. The number of para-hydroxylation sites is 1. The average molecular weight is 328 g/mol. The molecule has 0 N–H and O–H groups in total. The van der Waals surface area contributed by atoms with Crippen LogP contribution < -0.4 is 0 Å². The van der Waals surface area contributed by atoms with E-state index in [-0.39, 0.29) is 0 Å². The highest BCUT2D eigenvalue weighted by Gasteiger charge is 2.13. The van der Waals surface area contributed by atoms with Gasteiger partial charge in [0, 0.05) is 18.8 Å². The fourth-order valence-corrected chi connectivity index (χ4v) is 3.19. The van der Waals surface area contributed by atoms with Gasteiger partial charge in [0.2, 0.25) is 11.8 Å². The Morgan fingerprint density at radius 2 is 1.96 bits per heavy atom. The molecule has 0 saturated heterocycles. The fraction of sp³-hybridized carbons (Fsp3) is 0.353. The summed E-state index contributed by atoms with van der Waals surface area (Å²) in [6.45, 7) is 6.40. The second kappa shape index (κ2) is 7.00. The van der Waals surface area contributed by atoms with Gasteiger partial charge in [0.1, 0.15) is 0 Å². The molecule has 3 aromatic rings. The highest BCUT2D eigenvalue weighted by molar-refractivity contribution is 7.98. The van der Waals surface area contributed by atoms with Crippen LogP contribution in [0.1, 0.15) is 44.0 Å². The van der Waals surface area contributed by atoms with Crippen LogP contribution in [0.5, 0.6) is 0 Å². The number of rotatable bonds is 6. The molecule has 0 aliphatic rings. The van der Waals surface area contributed by atoms with E-state index in [1.54, 1.807) is 11.8 Å². The second-order valence-corrected chi connectivity index (χ2v) is 6.47. The maximum Gasteiger partial charge on any atom is 0.226 e. The summed E-state index contributed by atoms with van der Waals surface area (Å²) in [5, 5.41) is 8.98. The summed E-state index contributed by atoms with van der Waals surface area (Å²) in [6.07, 6.45) is 4.58. The molecule has 5 nitrogen and oxygen atoms in total. The molecular formula is C17H20N4OS. The minimum atomic E-state index is 0.453. The number of hydrogen-bond acceptors (Lipinski definition) is 5. The Kier molecular flexibility index (Phi) is 4.81. The topological polar surface area (TPSA) is 56.7 Å². The molecule has 0 saturated carbocycles. The Bertz CT molecular complexity index is 778. The normalized spacial score (nSPS) is 11.3. The van der Waals surface area contributed by atoms with Crippen LogP contribution in [0.4, 0.5) is 0 Å². The van der Waals surface area contributed by atoms with Crippen molar-refractivity contribution in [2.45, 2.75) is 44.0 Å². The zero-order valence-electron chi connectivity index (χ0n) is 13.6. The Labute approximate surface area is 140 Å². The second-order valence-electron chi connectivity index (χ2n) is 5.53. The van der Waals surface area contributed by atoms with Gasteiger partial charge in [-0.1, -0.05) is 50.7 Å². The maximum absolute atomic E-state index is 5.56. The van der Waals surface area contributed by atoms with E-state index in [4.69, 9.17) is 4.42 Å². The van der Waals surface area contributed by atoms with Gasteiger partial charge in [0.25, 0.3) is 0 Å². The van der Waals surface area contributed by atoms with E-state index in [0.717, 1.165) is 11.6 Å². The highest BCUT2D eigenvalue weighted by Crippen LogP contribution is 2.28. The molecule has 0 unspecified atom stereocenters. The summed E-state index contributed by atoms with van der Waals surface area (Å²) in [5.74, 6) is 2.38. The molecule has 2 aromatic heterocycles. The van der Waals surface area contributed by atoms with Gasteiger partial charge in [-0.25, -0.2) is 4.98 Å². The van der Waals surface area contributed by atoms with E-state index in [2.05, 4.69) is 57.9 Å². The van der Waals surface area contributed by atoms with Crippen LogP contribution in [0.25, 0.3) is 5.69 Å². The van der Waals surface area contributed by atoms with Crippen LogP contribution in [0.3, 0.4) is 0 Å².